The Morgan fingerprint density at radius 1 is 1.50 bits per heavy atom. The van der Waals surface area contributed by atoms with Gasteiger partial charge in [0.2, 0.25) is 0 Å². The normalized spacial score (nSPS) is 53.2. The van der Waals surface area contributed by atoms with Gasteiger partial charge in [0.15, 0.2) is 0 Å². The number of hydrogen-bond donors (Lipinski definition) is 0. The highest BCUT2D eigenvalue weighted by atomic mass is 16.6. The molecule has 0 bridgehead atoms. The monoisotopic (exact) mass is 164 g/mol. The van der Waals surface area contributed by atoms with Gasteiger partial charge in [-0.05, 0) is 44.3 Å². The quantitative estimate of drug-likeness (QED) is 0.501. The Balaban J connectivity index is 2.12. The van der Waals surface area contributed by atoms with Crippen molar-refractivity contribution in [2.24, 2.45) is 0 Å². The van der Waals surface area contributed by atoms with Crippen molar-refractivity contribution in [3.8, 4) is 0 Å². The number of epoxide rings is 1. The topological polar surface area (TPSA) is 12.5 Å². The van der Waals surface area contributed by atoms with Gasteiger partial charge in [-0.2, -0.15) is 0 Å². The zero-order valence-corrected chi connectivity index (χ0v) is 7.31. The van der Waals surface area contributed by atoms with Crippen LogP contribution in [0.5, 0.6) is 0 Å². The standard InChI is InChI=1S/C11H14O/c1-9-5-4-7-10-6-2-3-8-11(9,10)12-10/h4-5,7H,2-3,6,8H2,1H3/t10-,11?/m1/s1/i4D,5D. The maximum Gasteiger partial charge on any atom is 0.123 e. The minimum absolute atomic E-state index is 0.174. The molecule has 1 saturated carbocycles. The van der Waals surface area contributed by atoms with E-state index in [0.717, 1.165) is 18.4 Å². The molecule has 1 nitrogen and oxygen atoms in total. The van der Waals surface area contributed by atoms with Crippen molar-refractivity contribution in [2.45, 2.75) is 43.8 Å². The van der Waals surface area contributed by atoms with E-state index in [-0.39, 0.29) is 11.2 Å². The molecule has 1 aliphatic heterocycles. The molecule has 1 heteroatoms. The molecule has 0 aromatic heterocycles. The smallest absolute Gasteiger partial charge is 0.123 e. The SMILES string of the molecule is [2H]C1=C[C@]23CCCCC2(O3)C(C)=C1[2H]. The van der Waals surface area contributed by atoms with Crippen LogP contribution in [0.4, 0.5) is 0 Å². The molecule has 2 aliphatic carbocycles. The highest BCUT2D eigenvalue weighted by molar-refractivity contribution is 5.45. The van der Waals surface area contributed by atoms with Gasteiger partial charge in [0, 0.05) is 0 Å². The zero-order valence-electron chi connectivity index (χ0n) is 9.31. The molecule has 0 spiro atoms. The van der Waals surface area contributed by atoms with Crippen LogP contribution in [0.15, 0.2) is 23.8 Å². The van der Waals surface area contributed by atoms with E-state index in [1.165, 1.54) is 12.8 Å². The third kappa shape index (κ3) is 0.567. The van der Waals surface area contributed by atoms with E-state index >= 15 is 0 Å². The lowest BCUT2D eigenvalue weighted by molar-refractivity contribution is 0.301. The first-order valence-corrected chi connectivity index (χ1v) is 4.69. The Morgan fingerprint density at radius 3 is 3.25 bits per heavy atom. The Labute approximate surface area is 75.9 Å². The molecule has 0 N–H and O–H groups in total. The average molecular weight is 164 g/mol. The van der Waals surface area contributed by atoms with Gasteiger partial charge < -0.3 is 4.74 Å². The molecule has 1 heterocycles. The van der Waals surface area contributed by atoms with Crippen LogP contribution in [0.25, 0.3) is 0 Å². The van der Waals surface area contributed by atoms with E-state index in [0.29, 0.717) is 12.1 Å². The minimum Gasteiger partial charge on any atom is -0.353 e. The van der Waals surface area contributed by atoms with Crippen molar-refractivity contribution in [3.05, 3.63) is 23.8 Å². The van der Waals surface area contributed by atoms with E-state index in [4.69, 9.17) is 7.48 Å². The summed E-state index contributed by atoms with van der Waals surface area (Å²) in [6.45, 7) is 1.96. The fraction of sp³-hybridized carbons (Fsp3) is 0.636. The highest BCUT2D eigenvalue weighted by Crippen LogP contribution is 2.63. The van der Waals surface area contributed by atoms with Crippen molar-refractivity contribution >= 4 is 0 Å². The van der Waals surface area contributed by atoms with Crippen molar-refractivity contribution in [1.29, 1.82) is 0 Å². The van der Waals surface area contributed by atoms with Gasteiger partial charge in [0.25, 0.3) is 0 Å². The molecule has 12 heavy (non-hydrogen) atoms. The molecule has 3 rings (SSSR count). The summed E-state index contributed by atoms with van der Waals surface area (Å²) in [5.74, 6) is 0. The van der Waals surface area contributed by atoms with Crippen LogP contribution in [0.1, 0.15) is 35.3 Å². The van der Waals surface area contributed by atoms with Crippen molar-refractivity contribution in [2.75, 3.05) is 0 Å². The van der Waals surface area contributed by atoms with Crippen LogP contribution in [-0.2, 0) is 4.74 Å². The van der Waals surface area contributed by atoms with E-state index < -0.39 is 0 Å². The fourth-order valence-corrected chi connectivity index (χ4v) is 2.72. The van der Waals surface area contributed by atoms with E-state index in [1.807, 2.05) is 13.0 Å². The molecule has 0 amide bonds. The fourth-order valence-electron chi connectivity index (χ4n) is 2.72. The van der Waals surface area contributed by atoms with E-state index in [9.17, 15) is 0 Å². The summed E-state index contributed by atoms with van der Waals surface area (Å²) in [5, 5.41) is 0. The lowest BCUT2D eigenvalue weighted by Gasteiger charge is -2.25. The third-order valence-corrected chi connectivity index (χ3v) is 3.50. The summed E-state index contributed by atoms with van der Waals surface area (Å²) in [4.78, 5) is 0. The van der Waals surface area contributed by atoms with Gasteiger partial charge in [-0.15, -0.1) is 0 Å². The second-order valence-corrected chi connectivity index (χ2v) is 4.06. The van der Waals surface area contributed by atoms with E-state index in [1.54, 1.807) is 0 Å². The number of hydrogen-bond acceptors (Lipinski definition) is 1. The molecule has 1 saturated heterocycles. The zero-order chi connectivity index (χ0) is 9.97. The first kappa shape index (κ1) is 5.23. The minimum atomic E-state index is -0.184. The number of allylic oxidation sites excluding steroid dienone is 2. The Morgan fingerprint density at radius 2 is 2.33 bits per heavy atom. The summed E-state index contributed by atoms with van der Waals surface area (Å²) < 4.78 is 21.4. The molecule has 0 aromatic carbocycles. The van der Waals surface area contributed by atoms with Crippen LogP contribution in [-0.4, -0.2) is 11.2 Å². The van der Waals surface area contributed by atoms with Crippen molar-refractivity contribution < 1.29 is 7.48 Å². The Bertz CT molecular complexity index is 371. The van der Waals surface area contributed by atoms with Crippen molar-refractivity contribution in [3.63, 3.8) is 0 Å². The molecule has 1 unspecified atom stereocenters. The second-order valence-electron chi connectivity index (χ2n) is 4.06. The molecular formula is C11H14O. The molecule has 2 atom stereocenters. The van der Waals surface area contributed by atoms with Crippen molar-refractivity contribution in [1.82, 2.24) is 0 Å². The second kappa shape index (κ2) is 1.85. The first-order valence-electron chi connectivity index (χ1n) is 5.69. The van der Waals surface area contributed by atoms with Gasteiger partial charge in [-0.1, -0.05) is 12.1 Å². The van der Waals surface area contributed by atoms with Gasteiger partial charge in [-0.3, -0.25) is 0 Å². The first-order chi connectivity index (χ1) is 6.61. The van der Waals surface area contributed by atoms with Crippen LogP contribution in [0, 0.1) is 0 Å². The van der Waals surface area contributed by atoms with E-state index in [2.05, 4.69) is 0 Å². The Kier molecular flexibility index (Phi) is 0.805. The molecule has 0 radical (unpaired) electrons. The largest absolute Gasteiger partial charge is 0.353 e. The number of ether oxygens (including phenoxy) is 1. The summed E-state index contributed by atoms with van der Waals surface area (Å²) >= 11 is 0. The summed E-state index contributed by atoms with van der Waals surface area (Å²) in [6.07, 6.45) is 6.30. The summed E-state index contributed by atoms with van der Waals surface area (Å²) in [7, 11) is 0. The molecule has 64 valence electrons. The predicted octanol–water partition coefficient (Wildman–Crippen LogP) is 2.58. The van der Waals surface area contributed by atoms with Crippen LogP contribution in [0.3, 0.4) is 0 Å². The van der Waals surface area contributed by atoms with Crippen LogP contribution >= 0.6 is 0 Å². The lowest BCUT2D eigenvalue weighted by atomic mass is 9.73. The average Bonchev–Trinajstić information content (AvgIpc) is 2.84. The Hall–Kier alpha value is -0.560. The molecule has 3 aliphatic rings. The lowest BCUT2D eigenvalue weighted by Crippen LogP contribution is -2.30. The van der Waals surface area contributed by atoms with Gasteiger partial charge >= 0.3 is 0 Å². The highest BCUT2D eigenvalue weighted by Gasteiger charge is 2.70. The van der Waals surface area contributed by atoms with Gasteiger partial charge in [0.1, 0.15) is 11.2 Å². The molecule has 0 aromatic rings. The third-order valence-electron chi connectivity index (χ3n) is 3.50. The summed E-state index contributed by atoms with van der Waals surface area (Å²) in [6, 6.07) is 0.720. The maximum atomic E-state index is 7.80. The molecular weight excluding hydrogens is 148 g/mol. The maximum absolute atomic E-state index is 7.80. The predicted molar refractivity (Wildman–Crippen MR) is 47.9 cm³/mol. The van der Waals surface area contributed by atoms with Gasteiger partial charge in [-0.25, -0.2) is 0 Å². The van der Waals surface area contributed by atoms with Crippen LogP contribution < -0.4 is 0 Å². The van der Waals surface area contributed by atoms with Gasteiger partial charge in [0.05, 0.1) is 2.74 Å². The van der Waals surface area contributed by atoms with Crippen LogP contribution in [0.2, 0.25) is 0 Å². The summed E-state index contributed by atoms with van der Waals surface area (Å²) in [5.41, 5.74) is 0.619. The number of rotatable bonds is 0. The molecule has 2 fully saturated rings.